The van der Waals surface area contributed by atoms with E-state index in [4.69, 9.17) is 0 Å². The molecule has 0 aromatic carbocycles. The molecule has 0 aliphatic carbocycles. The molecule has 5 heteroatoms. The summed E-state index contributed by atoms with van der Waals surface area (Å²) in [6.07, 6.45) is 1.88. The molecule has 116 valence electrons. The summed E-state index contributed by atoms with van der Waals surface area (Å²) in [4.78, 5) is 29.0. The number of thiophene rings is 1. The Morgan fingerprint density at radius 2 is 1.95 bits per heavy atom. The molecule has 1 N–H and O–H groups in total. The van der Waals surface area contributed by atoms with Crippen LogP contribution in [0.2, 0.25) is 0 Å². The van der Waals surface area contributed by atoms with Crippen LogP contribution in [-0.4, -0.2) is 28.8 Å². The van der Waals surface area contributed by atoms with Crippen molar-refractivity contribution in [2.75, 3.05) is 0 Å². The summed E-state index contributed by atoms with van der Waals surface area (Å²) in [5.41, 5.74) is 0. The number of hydrogen-bond acceptors (Lipinski definition) is 3. The van der Waals surface area contributed by atoms with Gasteiger partial charge in [0.1, 0.15) is 12.1 Å². The SMILES string of the molecule is CCc1ccc(CN2C(=O)C(C)NC(=O)C2C(C)CC)s1. The highest BCUT2D eigenvalue weighted by Gasteiger charge is 2.40. The number of aryl methyl sites for hydroxylation is 1. The molecule has 2 heterocycles. The van der Waals surface area contributed by atoms with Crippen molar-refractivity contribution in [1.82, 2.24) is 10.2 Å². The molecule has 3 unspecified atom stereocenters. The van der Waals surface area contributed by atoms with Crippen LogP contribution in [0.4, 0.5) is 0 Å². The molecule has 4 nitrogen and oxygen atoms in total. The number of amides is 2. The third-order valence-electron chi connectivity index (χ3n) is 4.19. The van der Waals surface area contributed by atoms with E-state index in [2.05, 4.69) is 31.3 Å². The Hall–Kier alpha value is -1.36. The molecular weight excluding hydrogens is 284 g/mol. The van der Waals surface area contributed by atoms with Crippen LogP contribution >= 0.6 is 11.3 Å². The Bertz CT molecular complexity index is 526. The zero-order valence-corrected chi connectivity index (χ0v) is 14.0. The van der Waals surface area contributed by atoms with Crippen LogP contribution in [0.15, 0.2) is 12.1 Å². The van der Waals surface area contributed by atoms with Crippen molar-refractivity contribution < 1.29 is 9.59 Å². The van der Waals surface area contributed by atoms with E-state index in [1.807, 2.05) is 6.92 Å². The van der Waals surface area contributed by atoms with E-state index >= 15 is 0 Å². The first-order valence-electron chi connectivity index (χ1n) is 7.66. The monoisotopic (exact) mass is 308 g/mol. The average Bonchev–Trinajstić information content (AvgIpc) is 2.91. The summed E-state index contributed by atoms with van der Waals surface area (Å²) < 4.78 is 0. The molecule has 0 spiro atoms. The van der Waals surface area contributed by atoms with Crippen LogP contribution in [-0.2, 0) is 22.6 Å². The maximum Gasteiger partial charge on any atom is 0.245 e. The van der Waals surface area contributed by atoms with Gasteiger partial charge in [-0.25, -0.2) is 0 Å². The van der Waals surface area contributed by atoms with Gasteiger partial charge in [0.2, 0.25) is 11.8 Å². The second-order valence-electron chi connectivity index (χ2n) is 5.75. The average molecular weight is 308 g/mol. The summed E-state index contributed by atoms with van der Waals surface area (Å²) in [7, 11) is 0. The van der Waals surface area contributed by atoms with E-state index in [9.17, 15) is 9.59 Å². The van der Waals surface area contributed by atoms with Crippen molar-refractivity contribution in [3.05, 3.63) is 21.9 Å². The zero-order chi connectivity index (χ0) is 15.6. The number of nitrogens with one attached hydrogen (secondary N) is 1. The van der Waals surface area contributed by atoms with Crippen molar-refractivity contribution >= 4 is 23.2 Å². The van der Waals surface area contributed by atoms with Crippen LogP contribution in [0.5, 0.6) is 0 Å². The van der Waals surface area contributed by atoms with Crippen LogP contribution in [0.3, 0.4) is 0 Å². The lowest BCUT2D eigenvalue weighted by atomic mass is 9.93. The first kappa shape index (κ1) is 16.0. The van der Waals surface area contributed by atoms with E-state index in [-0.39, 0.29) is 23.8 Å². The molecule has 1 aliphatic heterocycles. The van der Waals surface area contributed by atoms with E-state index < -0.39 is 6.04 Å². The van der Waals surface area contributed by atoms with Gasteiger partial charge in [-0.05, 0) is 31.4 Å². The number of hydrogen-bond donors (Lipinski definition) is 1. The van der Waals surface area contributed by atoms with Crippen molar-refractivity contribution in [2.45, 2.75) is 59.2 Å². The predicted octanol–water partition coefficient (Wildman–Crippen LogP) is 2.57. The minimum atomic E-state index is -0.427. The topological polar surface area (TPSA) is 49.4 Å². The Balaban J connectivity index is 2.25. The standard InChI is InChI=1S/C16H24N2O2S/c1-5-10(3)14-15(19)17-11(4)16(20)18(14)9-13-8-7-12(6-2)21-13/h7-8,10-11,14H,5-6,9H2,1-4H3,(H,17,19). The first-order valence-corrected chi connectivity index (χ1v) is 8.48. The fraction of sp³-hybridized carbons (Fsp3) is 0.625. The zero-order valence-electron chi connectivity index (χ0n) is 13.2. The predicted molar refractivity (Wildman–Crippen MR) is 85.1 cm³/mol. The lowest BCUT2D eigenvalue weighted by Crippen LogP contribution is -2.63. The quantitative estimate of drug-likeness (QED) is 0.909. The molecule has 1 fully saturated rings. The van der Waals surface area contributed by atoms with Gasteiger partial charge in [0.25, 0.3) is 0 Å². The molecule has 0 saturated carbocycles. The Kier molecular flexibility index (Phi) is 5.04. The first-order chi connectivity index (χ1) is 9.97. The van der Waals surface area contributed by atoms with Gasteiger partial charge in [-0.2, -0.15) is 0 Å². The highest BCUT2D eigenvalue weighted by atomic mass is 32.1. The number of piperazine rings is 1. The summed E-state index contributed by atoms with van der Waals surface area (Å²) >= 11 is 1.73. The van der Waals surface area contributed by atoms with Crippen molar-refractivity contribution in [2.24, 2.45) is 5.92 Å². The van der Waals surface area contributed by atoms with Crippen LogP contribution in [0, 0.1) is 5.92 Å². The maximum atomic E-state index is 12.5. The summed E-state index contributed by atoms with van der Waals surface area (Å²) in [5.74, 6) is 0.155. The minimum Gasteiger partial charge on any atom is -0.343 e. The van der Waals surface area contributed by atoms with Gasteiger partial charge >= 0.3 is 0 Å². The molecule has 0 bridgehead atoms. The van der Waals surface area contributed by atoms with Crippen molar-refractivity contribution in [1.29, 1.82) is 0 Å². The summed E-state index contributed by atoms with van der Waals surface area (Å²) in [6, 6.07) is 3.40. The normalized spacial score (nSPS) is 24.1. The summed E-state index contributed by atoms with van der Waals surface area (Å²) in [6.45, 7) is 8.51. The lowest BCUT2D eigenvalue weighted by molar-refractivity contribution is -0.151. The number of nitrogens with zero attached hydrogens (tertiary/aromatic N) is 1. The minimum absolute atomic E-state index is 0.0198. The molecule has 2 amide bonds. The van der Waals surface area contributed by atoms with Crippen LogP contribution in [0.25, 0.3) is 0 Å². The highest BCUT2D eigenvalue weighted by Crippen LogP contribution is 2.25. The largest absolute Gasteiger partial charge is 0.343 e. The second kappa shape index (κ2) is 6.60. The number of carbonyl (C=O) groups excluding carboxylic acids is 2. The van der Waals surface area contributed by atoms with Crippen molar-refractivity contribution in [3.63, 3.8) is 0 Å². The fourth-order valence-electron chi connectivity index (χ4n) is 2.72. The van der Waals surface area contributed by atoms with E-state index in [0.29, 0.717) is 6.54 Å². The smallest absolute Gasteiger partial charge is 0.245 e. The molecule has 0 radical (unpaired) electrons. The Labute approximate surface area is 130 Å². The van der Waals surface area contributed by atoms with E-state index in [1.165, 1.54) is 4.88 Å². The second-order valence-corrected chi connectivity index (χ2v) is 7.00. The molecule has 1 saturated heterocycles. The third kappa shape index (κ3) is 3.28. The van der Waals surface area contributed by atoms with Crippen LogP contribution < -0.4 is 5.32 Å². The molecule has 1 aromatic heterocycles. The van der Waals surface area contributed by atoms with E-state index in [0.717, 1.165) is 17.7 Å². The lowest BCUT2D eigenvalue weighted by Gasteiger charge is -2.40. The van der Waals surface area contributed by atoms with Crippen LogP contribution in [0.1, 0.15) is 43.9 Å². The fourth-order valence-corrected chi connectivity index (χ4v) is 3.68. The van der Waals surface area contributed by atoms with Gasteiger partial charge in [-0.1, -0.05) is 27.2 Å². The number of rotatable bonds is 5. The van der Waals surface area contributed by atoms with Crippen molar-refractivity contribution in [3.8, 4) is 0 Å². The van der Waals surface area contributed by atoms with Gasteiger partial charge in [0.05, 0.1) is 6.54 Å². The molecular formula is C16H24N2O2S. The Morgan fingerprint density at radius 3 is 2.52 bits per heavy atom. The van der Waals surface area contributed by atoms with E-state index in [1.54, 1.807) is 23.2 Å². The highest BCUT2D eigenvalue weighted by molar-refractivity contribution is 7.11. The molecule has 21 heavy (non-hydrogen) atoms. The van der Waals surface area contributed by atoms with Gasteiger partial charge in [0, 0.05) is 9.75 Å². The summed E-state index contributed by atoms with van der Waals surface area (Å²) in [5, 5.41) is 2.80. The third-order valence-corrected chi connectivity index (χ3v) is 5.41. The molecule has 1 aliphatic rings. The van der Waals surface area contributed by atoms with Gasteiger partial charge in [0.15, 0.2) is 0 Å². The van der Waals surface area contributed by atoms with Gasteiger partial charge in [-0.15, -0.1) is 11.3 Å². The van der Waals surface area contributed by atoms with Gasteiger partial charge < -0.3 is 10.2 Å². The number of carbonyl (C=O) groups is 2. The van der Waals surface area contributed by atoms with Gasteiger partial charge in [-0.3, -0.25) is 9.59 Å². The molecule has 2 rings (SSSR count). The maximum absolute atomic E-state index is 12.5. The molecule has 3 atom stereocenters. The molecule has 1 aromatic rings. The Morgan fingerprint density at radius 1 is 1.29 bits per heavy atom.